The van der Waals surface area contributed by atoms with Crippen molar-refractivity contribution in [2.45, 2.75) is 32.6 Å². The maximum absolute atomic E-state index is 11.3. The Hall–Kier alpha value is -2.04. The van der Waals surface area contributed by atoms with Crippen LogP contribution in [-0.4, -0.2) is 28.8 Å². The topological polar surface area (TPSA) is 77.8 Å². The quantitative estimate of drug-likeness (QED) is 0.740. The molecule has 104 valence electrons. The van der Waals surface area contributed by atoms with Crippen molar-refractivity contribution in [1.29, 1.82) is 0 Å². The van der Waals surface area contributed by atoms with Crippen molar-refractivity contribution >= 4 is 17.7 Å². The smallest absolute Gasteiger partial charge is 0.411 e. The first-order valence-corrected chi connectivity index (χ1v) is 6.40. The average Bonchev–Trinajstić information content (AvgIpc) is 2.38. The fourth-order valence-corrected chi connectivity index (χ4v) is 1.91. The maximum Gasteiger partial charge on any atom is 0.411 e. The number of nitrogens with zero attached hydrogens (tertiary/aromatic N) is 1. The number of carboxylic acid groups (broad SMARTS) is 2. The molecule has 0 saturated carbocycles. The van der Waals surface area contributed by atoms with Crippen LogP contribution < -0.4 is 4.90 Å². The molecule has 2 N–H and O–H groups in total. The molecule has 0 spiro atoms. The Morgan fingerprint density at radius 2 is 1.79 bits per heavy atom. The minimum atomic E-state index is -1.12. The summed E-state index contributed by atoms with van der Waals surface area (Å²) in [7, 11) is 0. The van der Waals surface area contributed by atoms with Crippen LogP contribution in [0.5, 0.6) is 0 Å². The number of unbranched alkanes of at least 4 members (excludes halogenated alkanes) is 3. The molecule has 0 fully saturated rings. The van der Waals surface area contributed by atoms with Gasteiger partial charge in [0.2, 0.25) is 0 Å². The summed E-state index contributed by atoms with van der Waals surface area (Å²) >= 11 is 0. The number of para-hydroxylation sites is 1. The minimum Gasteiger partial charge on any atom is -0.478 e. The molecular weight excluding hydrogens is 246 g/mol. The highest BCUT2D eigenvalue weighted by Gasteiger charge is 2.19. The van der Waals surface area contributed by atoms with Crippen LogP contribution in [0.4, 0.5) is 10.5 Å². The van der Waals surface area contributed by atoms with Gasteiger partial charge >= 0.3 is 12.1 Å². The summed E-state index contributed by atoms with van der Waals surface area (Å²) in [5.41, 5.74) is 0.249. The first kappa shape index (κ1) is 15.0. The second-order valence-corrected chi connectivity index (χ2v) is 4.32. The van der Waals surface area contributed by atoms with E-state index in [0.717, 1.165) is 30.6 Å². The molecule has 19 heavy (non-hydrogen) atoms. The van der Waals surface area contributed by atoms with Crippen molar-refractivity contribution in [2.24, 2.45) is 0 Å². The summed E-state index contributed by atoms with van der Waals surface area (Å²) in [5, 5.41) is 18.3. The molecule has 0 heterocycles. The van der Waals surface area contributed by atoms with Crippen LogP contribution >= 0.6 is 0 Å². The van der Waals surface area contributed by atoms with Gasteiger partial charge in [0.15, 0.2) is 0 Å². The van der Waals surface area contributed by atoms with Gasteiger partial charge in [0.05, 0.1) is 11.3 Å². The molecule has 0 atom stereocenters. The van der Waals surface area contributed by atoms with E-state index in [9.17, 15) is 14.7 Å². The van der Waals surface area contributed by atoms with Gasteiger partial charge in [-0.05, 0) is 18.6 Å². The van der Waals surface area contributed by atoms with Gasteiger partial charge in [0.1, 0.15) is 0 Å². The van der Waals surface area contributed by atoms with Crippen molar-refractivity contribution in [2.75, 3.05) is 11.4 Å². The lowest BCUT2D eigenvalue weighted by Gasteiger charge is -2.20. The van der Waals surface area contributed by atoms with Crippen molar-refractivity contribution in [3.8, 4) is 0 Å². The number of benzene rings is 1. The van der Waals surface area contributed by atoms with Crippen LogP contribution in [0.15, 0.2) is 24.3 Å². The van der Waals surface area contributed by atoms with Gasteiger partial charge < -0.3 is 10.2 Å². The SMILES string of the molecule is CCCCCCN(C(=O)O)c1ccccc1C(=O)O. The van der Waals surface area contributed by atoms with Crippen LogP contribution in [0.1, 0.15) is 43.0 Å². The first-order chi connectivity index (χ1) is 9.07. The molecule has 1 amide bonds. The molecule has 0 aliphatic carbocycles. The van der Waals surface area contributed by atoms with E-state index in [-0.39, 0.29) is 11.3 Å². The molecule has 5 heteroatoms. The maximum atomic E-state index is 11.3. The Morgan fingerprint density at radius 3 is 2.37 bits per heavy atom. The van der Waals surface area contributed by atoms with Gasteiger partial charge in [-0.2, -0.15) is 0 Å². The lowest BCUT2D eigenvalue weighted by Crippen LogP contribution is -2.31. The summed E-state index contributed by atoms with van der Waals surface area (Å²) in [6.07, 6.45) is 2.67. The summed E-state index contributed by atoms with van der Waals surface area (Å²) < 4.78 is 0. The number of carboxylic acids is 1. The van der Waals surface area contributed by atoms with E-state index < -0.39 is 12.1 Å². The molecule has 0 aromatic heterocycles. The van der Waals surface area contributed by atoms with Crippen LogP contribution in [0.3, 0.4) is 0 Å². The number of anilines is 1. The van der Waals surface area contributed by atoms with E-state index in [2.05, 4.69) is 6.92 Å². The molecule has 0 aliphatic rings. The Labute approximate surface area is 112 Å². The molecule has 0 bridgehead atoms. The van der Waals surface area contributed by atoms with Gasteiger partial charge in [-0.3, -0.25) is 4.90 Å². The van der Waals surface area contributed by atoms with Crippen molar-refractivity contribution in [3.05, 3.63) is 29.8 Å². The molecule has 1 rings (SSSR count). The number of carbonyl (C=O) groups is 2. The van der Waals surface area contributed by atoms with E-state index in [1.807, 2.05) is 0 Å². The highest BCUT2D eigenvalue weighted by atomic mass is 16.4. The van der Waals surface area contributed by atoms with E-state index in [0.29, 0.717) is 6.54 Å². The highest BCUT2D eigenvalue weighted by molar-refractivity contribution is 5.99. The zero-order chi connectivity index (χ0) is 14.3. The van der Waals surface area contributed by atoms with Crippen molar-refractivity contribution in [3.63, 3.8) is 0 Å². The van der Waals surface area contributed by atoms with Gasteiger partial charge in [-0.15, -0.1) is 0 Å². The zero-order valence-electron chi connectivity index (χ0n) is 11.0. The Morgan fingerprint density at radius 1 is 1.11 bits per heavy atom. The van der Waals surface area contributed by atoms with Crippen LogP contribution in [0.2, 0.25) is 0 Å². The number of aromatic carboxylic acids is 1. The number of hydrogen-bond acceptors (Lipinski definition) is 2. The van der Waals surface area contributed by atoms with Crippen molar-refractivity contribution < 1.29 is 19.8 Å². The van der Waals surface area contributed by atoms with Crippen LogP contribution in [-0.2, 0) is 0 Å². The molecule has 1 aromatic carbocycles. The average molecular weight is 265 g/mol. The second-order valence-electron chi connectivity index (χ2n) is 4.32. The molecule has 0 aliphatic heterocycles. The summed E-state index contributed by atoms with van der Waals surface area (Å²) in [4.78, 5) is 23.5. The molecule has 0 saturated heterocycles. The van der Waals surface area contributed by atoms with Gasteiger partial charge in [-0.1, -0.05) is 38.3 Å². The predicted octanol–water partition coefficient (Wildman–Crippen LogP) is 3.45. The zero-order valence-corrected chi connectivity index (χ0v) is 11.0. The fraction of sp³-hybridized carbons (Fsp3) is 0.429. The third-order valence-corrected chi connectivity index (χ3v) is 2.89. The number of rotatable bonds is 7. The summed E-state index contributed by atoms with van der Waals surface area (Å²) in [6.45, 7) is 2.40. The lowest BCUT2D eigenvalue weighted by molar-refractivity contribution is 0.0697. The Bertz CT molecular complexity index is 445. The predicted molar refractivity (Wildman–Crippen MR) is 72.9 cm³/mol. The molecule has 5 nitrogen and oxygen atoms in total. The monoisotopic (exact) mass is 265 g/mol. The standard InChI is InChI=1S/C14H19NO4/c1-2-3-4-7-10-15(14(18)19)12-9-6-5-8-11(12)13(16)17/h5-6,8-9H,2-4,7,10H2,1H3,(H,16,17)(H,18,19). The highest BCUT2D eigenvalue weighted by Crippen LogP contribution is 2.21. The molecule has 0 unspecified atom stereocenters. The third-order valence-electron chi connectivity index (χ3n) is 2.89. The van der Waals surface area contributed by atoms with Crippen LogP contribution in [0.25, 0.3) is 0 Å². The summed E-state index contributed by atoms with van der Waals surface area (Å²) in [5.74, 6) is -1.12. The van der Waals surface area contributed by atoms with Crippen LogP contribution in [0, 0.1) is 0 Å². The van der Waals surface area contributed by atoms with Gasteiger partial charge in [0, 0.05) is 6.54 Å². The number of amides is 1. The largest absolute Gasteiger partial charge is 0.478 e. The first-order valence-electron chi connectivity index (χ1n) is 6.40. The van der Waals surface area contributed by atoms with Gasteiger partial charge in [0.25, 0.3) is 0 Å². The van der Waals surface area contributed by atoms with Gasteiger partial charge in [-0.25, -0.2) is 9.59 Å². The molecule has 0 radical (unpaired) electrons. The van der Waals surface area contributed by atoms with E-state index in [4.69, 9.17) is 5.11 Å². The Kier molecular flexibility index (Phi) is 5.85. The third kappa shape index (κ3) is 4.28. The second kappa shape index (κ2) is 7.41. The summed E-state index contributed by atoms with van der Waals surface area (Å²) in [6, 6.07) is 6.17. The Balaban J connectivity index is 2.87. The normalized spacial score (nSPS) is 10.2. The van der Waals surface area contributed by atoms with E-state index in [1.54, 1.807) is 12.1 Å². The molecule has 1 aromatic rings. The van der Waals surface area contributed by atoms with Crippen molar-refractivity contribution in [1.82, 2.24) is 0 Å². The minimum absolute atomic E-state index is 0.0143. The lowest BCUT2D eigenvalue weighted by atomic mass is 10.1. The van der Waals surface area contributed by atoms with E-state index >= 15 is 0 Å². The number of hydrogen-bond donors (Lipinski definition) is 2. The molecular formula is C14H19NO4. The van der Waals surface area contributed by atoms with E-state index in [1.165, 1.54) is 12.1 Å². The fourth-order valence-electron chi connectivity index (χ4n) is 1.91.